The molecule has 6 nitrogen and oxygen atoms in total. The number of carbonyl (C=O) groups excluding carboxylic acids is 1. The lowest BCUT2D eigenvalue weighted by Gasteiger charge is -2.00. The van der Waals surface area contributed by atoms with Crippen LogP contribution in [0.5, 0.6) is 0 Å². The normalized spacial score (nSPS) is 11.2. The van der Waals surface area contributed by atoms with Crippen LogP contribution in [-0.2, 0) is 4.79 Å². The Morgan fingerprint density at radius 3 is 2.83 bits per heavy atom. The fourth-order valence-electron chi connectivity index (χ4n) is 2.94. The molecule has 30 heavy (non-hydrogen) atoms. The highest BCUT2D eigenvalue weighted by atomic mass is 79.9. The molecule has 2 heterocycles. The molecular formula is C21H13BrN4O2S2. The van der Waals surface area contributed by atoms with Gasteiger partial charge >= 0.3 is 0 Å². The Bertz CT molecular complexity index is 1380. The summed E-state index contributed by atoms with van der Waals surface area (Å²) in [6.07, 6.45) is 0. The van der Waals surface area contributed by atoms with E-state index in [2.05, 4.69) is 42.5 Å². The van der Waals surface area contributed by atoms with Crippen LogP contribution in [0.3, 0.4) is 0 Å². The van der Waals surface area contributed by atoms with E-state index in [0.717, 1.165) is 31.0 Å². The first kappa shape index (κ1) is 19.2. The van der Waals surface area contributed by atoms with Gasteiger partial charge in [0.25, 0.3) is 5.22 Å². The minimum absolute atomic E-state index is 0.152. The number of hydrogen-bond donors (Lipinski definition) is 1. The fraction of sp³-hybridized carbons (Fsp3) is 0.0476. The Balaban J connectivity index is 1.24. The number of fused-ring (bicyclic) bond motifs is 2. The second-order valence-corrected chi connectivity index (χ2v) is 9.28. The van der Waals surface area contributed by atoms with E-state index in [1.54, 1.807) is 0 Å². The number of hydrogen-bond acceptors (Lipinski definition) is 7. The van der Waals surface area contributed by atoms with Crippen LogP contribution in [0, 0.1) is 0 Å². The highest BCUT2D eigenvalue weighted by Gasteiger charge is 2.13. The molecule has 0 fully saturated rings. The van der Waals surface area contributed by atoms with E-state index < -0.39 is 0 Å². The molecule has 0 aliphatic carbocycles. The SMILES string of the molecule is O=C(CSc1nnc(-c2ccc3ccccc3c2)o1)Nc1nc2ccc(Br)cc2s1. The molecule has 0 bridgehead atoms. The second-order valence-electron chi connectivity index (χ2n) is 6.40. The zero-order chi connectivity index (χ0) is 20.5. The second kappa shape index (κ2) is 8.17. The molecule has 2 aromatic heterocycles. The minimum atomic E-state index is -0.177. The number of aromatic nitrogens is 3. The van der Waals surface area contributed by atoms with Crippen LogP contribution in [0.2, 0.25) is 0 Å². The first-order valence-electron chi connectivity index (χ1n) is 8.95. The highest BCUT2D eigenvalue weighted by Crippen LogP contribution is 2.29. The average Bonchev–Trinajstić information content (AvgIpc) is 3.38. The maximum atomic E-state index is 12.3. The third kappa shape index (κ3) is 4.09. The Labute approximate surface area is 187 Å². The molecule has 5 aromatic rings. The Hall–Kier alpha value is -2.75. The highest BCUT2D eigenvalue weighted by molar-refractivity contribution is 9.10. The summed E-state index contributed by atoms with van der Waals surface area (Å²) < 4.78 is 7.70. The Morgan fingerprint density at radius 2 is 1.93 bits per heavy atom. The molecule has 9 heteroatoms. The molecule has 0 atom stereocenters. The molecule has 1 N–H and O–H groups in total. The number of anilines is 1. The molecule has 0 unspecified atom stereocenters. The van der Waals surface area contributed by atoms with E-state index in [0.29, 0.717) is 16.2 Å². The molecule has 5 rings (SSSR count). The number of halogens is 1. The Morgan fingerprint density at radius 1 is 1.07 bits per heavy atom. The molecule has 0 saturated heterocycles. The monoisotopic (exact) mass is 496 g/mol. The van der Waals surface area contributed by atoms with Crippen molar-refractivity contribution in [2.24, 2.45) is 0 Å². The van der Waals surface area contributed by atoms with Crippen molar-refractivity contribution < 1.29 is 9.21 Å². The lowest BCUT2D eigenvalue weighted by Crippen LogP contribution is -2.13. The summed E-state index contributed by atoms with van der Waals surface area (Å²) >= 11 is 6.06. The van der Waals surface area contributed by atoms with Crippen LogP contribution in [-0.4, -0.2) is 26.8 Å². The molecule has 0 saturated carbocycles. The maximum absolute atomic E-state index is 12.3. The van der Waals surface area contributed by atoms with Gasteiger partial charge in [0, 0.05) is 10.0 Å². The third-order valence-corrected chi connectivity index (χ3v) is 6.57. The molecule has 0 spiro atoms. The van der Waals surface area contributed by atoms with E-state index >= 15 is 0 Å². The smallest absolute Gasteiger partial charge is 0.277 e. The van der Waals surface area contributed by atoms with Gasteiger partial charge in [-0.1, -0.05) is 69.4 Å². The van der Waals surface area contributed by atoms with Gasteiger partial charge in [0.15, 0.2) is 5.13 Å². The van der Waals surface area contributed by atoms with Crippen molar-refractivity contribution in [1.29, 1.82) is 0 Å². The summed E-state index contributed by atoms with van der Waals surface area (Å²) in [6, 6.07) is 19.9. The largest absolute Gasteiger partial charge is 0.411 e. The molecule has 0 radical (unpaired) electrons. The van der Waals surface area contributed by atoms with Gasteiger partial charge in [-0.15, -0.1) is 10.2 Å². The number of carbonyl (C=O) groups is 1. The number of nitrogens with zero attached hydrogens (tertiary/aromatic N) is 3. The van der Waals surface area contributed by atoms with Gasteiger partial charge in [0.05, 0.1) is 16.0 Å². The van der Waals surface area contributed by atoms with Gasteiger partial charge in [0.2, 0.25) is 11.8 Å². The molecule has 1 amide bonds. The zero-order valence-corrected chi connectivity index (χ0v) is 18.6. The summed E-state index contributed by atoms with van der Waals surface area (Å²) in [5, 5.41) is 14.1. The van der Waals surface area contributed by atoms with Gasteiger partial charge in [-0.25, -0.2) is 4.98 Å². The van der Waals surface area contributed by atoms with Crippen LogP contribution in [0.25, 0.3) is 32.4 Å². The zero-order valence-electron chi connectivity index (χ0n) is 15.3. The van der Waals surface area contributed by atoms with Gasteiger partial charge in [-0.2, -0.15) is 0 Å². The standard InChI is InChI=1S/C21H13BrN4O2S2/c22-15-7-8-16-17(10-15)30-20(23-16)24-18(27)11-29-21-26-25-19(28-21)14-6-5-12-3-1-2-4-13(12)9-14/h1-10H,11H2,(H,23,24,27). The molecule has 3 aromatic carbocycles. The van der Waals surface area contributed by atoms with Gasteiger partial charge in [-0.3, -0.25) is 4.79 Å². The Kier molecular flexibility index (Phi) is 5.24. The summed E-state index contributed by atoms with van der Waals surface area (Å²) in [5.41, 5.74) is 1.70. The van der Waals surface area contributed by atoms with Crippen molar-refractivity contribution in [2.45, 2.75) is 5.22 Å². The molecular weight excluding hydrogens is 484 g/mol. The van der Waals surface area contributed by atoms with Gasteiger partial charge < -0.3 is 9.73 Å². The quantitative estimate of drug-likeness (QED) is 0.301. The first-order chi connectivity index (χ1) is 14.6. The van der Waals surface area contributed by atoms with Crippen LogP contribution >= 0.6 is 39.0 Å². The third-order valence-electron chi connectivity index (χ3n) is 4.33. The number of benzene rings is 3. The maximum Gasteiger partial charge on any atom is 0.277 e. The van der Waals surface area contributed by atoms with E-state index in [-0.39, 0.29) is 11.7 Å². The molecule has 148 valence electrons. The van der Waals surface area contributed by atoms with E-state index in [1.165, 1.54) is 23.1 Å². The number of thiazole rings is 1. The van der Waals surface area contributed by atoms with Crippen molar-refractivity contribution in [3.8, 4) is 11.5 Å². The lowest BCUT2D eigenvalue weighted by molar-refractivity contribution is -0.113. The van der Waals surface area contributed by atoms with E-state index in [9.17, 15) is 4.79 Å². The van der Waals surface area contributed by atoms with Crippen LogP contribution < -0.4 is 5.32 Å². The van der Waals surface area contributed by atoms with Crippen molar-refractivity contribution in [3.63, 3.8) is 0 Å². The predicted molar refractivity (Wildman–Crippen MR) is 124 cm³/mol. The van der Waals surface area contributed by atoms with Crippen molar-refractivity contribution in [2.75, 3.05) is 11.1 Å². The molecule has 0 aliphatic heterocycles. The number of rotatable bonds is 5. The van der Waals surface area contributed by atoms with Crippen LogP contribution in [0.1, 0.15) is 0 Å². The van der Waals surface area contributed by atoms with Crippen LogP contribution in [0.4, 0.5) is 5.13 Å². The van der Waals surface area contributed by atoms with E-state index in [1.807, 2.05) is 54.6 Å². The summed E-state index contributed by atoms with van der Waals surface area (Å²) in [7, 11) is 0. The van der Waals surface area contributed by atoms with Crippen molar-refractivity contribution in [1.82, 2.24) is 15.2 Å². The predicted octanol–water partition coefficient (Wildman–Crippen LogP) is 5.99. The lowest BCUT2D eigenvalue weighted by atomic mass is 10.1. The summed E-state index contributed by atoms with van der Waals surface area (Å²) in [5.74, 6) is 0.405. The number of nitrogens with one attached hydrogen (secondary N) is 1. The number of amides is 1. The summed E-state index contributed by atoms with van der Waals surface area (Å²) in [6.45, 7) is 0. The topological polar surface area (TPSA) is 80.9 Å². The fourth-order valence-corrected chi connectivity index (χ4v) is 4.94. The number of thioether (sulfide) groups is 1. The van der Waals surface area contributed by atoms with Crippen LogP contribution in [0.15, 0.2) is 74.8 Å². The van der Waals surface area contributed by atoms with Gasteiger partial charge in [-0.05, 0) is 41.1 Å². The minimum Gasteiger partial charge on any atom is -0.411 e. The van der Waals surface area contributed by atoms with E-state index in [4.69, 9.17) is 4.42 Å². The van der Waals surface area contributed by atoms with Crippen molar-refractivity contribution >= 4 is 71.1 Å². The average molecular weight is 497 g/mol. The van der Waals surface area contributed by atoms with Gasteiger partial charge in [0.1, 0.15) is 0 Å². The van der Waals surface area contributed by atoms with Crippen molar-refractivity contribution in [3.05, 3.63) is 65.1 Å². The molecule has 0 aliphatic rings. The summed E-state index contributed by atoms with van der Waals surface area (Å²) in [4.78, 5) is 16.7. The first-order valence-corrected chi connectivity index (χ1v) is 11.5.